The Bertz CT molecular complexity index is 582. The maximum Gasteiger partial charge on any atom is 0.234 e. The van der Waals surface area contributed by atoms with E-state index in [2.05, 4.69) is 48.6 Å². The van der Waals surface area contributed by atoms with Crippen LogP contribution in [0.1, 0.15) is 44.6 Å². The van der Waals surface area contributed by atoms with Crippen LogP contribution in [0.2, 0.25) is 0 Å². The highest BCUT2D eigenvalue weighted by Gasteiger charge is 2.40. The quantitative estimate of drug-likeness (QED) is 0.915. The third-order valence-electron chi connectivity index (χ3n) is 4.47. The lowest BCUT2D eigenvalue weighted by atomic mass is 9.82. The fourth-order valence-electron chi connectivity index (χ4n) is 3.17. The van der Waals surface area contributed by atoms with Gasteiger partial charge in [0.05, 0.1) is 5.41 Å². The molecule has 1 N–H and O–H groups in total. The highest BCUT2D eigenvalue weighted by Crippen LogP contribution is 2.35. The van der Waals surface area contributed by atoms with Crippen molar-refractivity contribution in [2.75, 3.05) is 13.1 Å². The summed E-state index contributed by atoms with van der Waals surface area (Å²) in [5, 5.41) is 7.63. The molecule has 1 atom stereocenters. The van der Waals surface area contributed by atoms with E-state index >= 15 is 0 Å². The molecule has 0 aliphatic carbocycles. The summed E-state index contributed by atoms with van der Waals surface area (Å²) in [6, 6.07) is 8.41. The summed E-state index contributed by atoms with van der Waals surface area (Å²) >= 11 is 0. The van der Waals surface area contributed by atoms with E-state index in [4.69, 9.17) is 9.51 Å². The minimum absolute atomic E-state index is 0.0311. The number of aryl methyl sites for hydroxylation is 1. The number of benzene rings is 1. The van der Waals surface area contributed by atoms with Crippen molar-refractivity contribution in [3.8, 4) is 11.4 Å². The van der Waals surface area contributed by atoms with E-state index in [1.807, 2.05) is 0 Å². The minimum Gasteiger partial charge on any atom is -0.338 e. The maximum absolute atomic E-state index is 5.61. The summed E-state index contributed by atoms with van der Waals surface area (Å²) in [5.41, 5.74) is 2.38. The van der Waals surface area contributed by atoms with Gasteiger partial charge in [0.1, 0.15) is 0 Å². The van der Waals surface area contributed by atoms with Gasteiger partial charge in [0.15, 0.2) is 0 Å². The van der Waals surface area contributed by atoms with Gasteiger partial charge in [-0.3, -0.25) is 0 Å². The standard InChI is InChI=1S/C17H23N3O/c1-3-9-17(10-11-18-12-17)16-19-15(20-21-16)14-7-5-13(4-2)6-8-14/h5-8,18H,3-4,9-12H2,1-2H3. The first-order valence-corrected chi connectivity index (χ1v) is 7.91. The van der Waals surface area contributed by atoms with Crippen LogP contribution in [0.25, 0.3) is 11.4 Å². The second kappa shape index (κ2) is 5.98. The normalized spacial score (nSPS) is 21.8. The zero-order valence-corrected chi connectivity index (χ0v) is 12.9. The molecule has 2 aromatic rings. The van der Waals surface area contributed by atoms with Crippen molar-refractivity contribution in [2.45, 2.75) is 44.9 Å². The van der Waals surface area contributed by atoms with Gasteiger partial charge in [-0.15, -0.1) is 0 Å². The minimum atomic E-state index is 0.0311. The van der Waals surface area contributed by atoms with Crippen molar-refractivity contribution >= 4 is 0 Å². The molecule has 0 radical (unpaired) electrons. The Labute approximate surface area is 126 Å². The van der Waals surface area contributed by atoms with Crippen molar-refractivity contribution < 1.29 is 4.52 Å². The third-order valence-corrected chi connectivity index (χ3v) is 4.47. The molecule has 1 saturated heterocycles. The van der Waals surface area contributed by atoms with Crippen LogP contribution < -0.4 is 5.32 Å². The van der Waals surface area contributed by atoms with Crippen molar-refractivity contribution in [3.63, 3.8) is 0 Å². The summed E-state index contributed by atoms with van der Waals surface area (Å²) < 4.78 is 5.61. The van der Waals surface area contributed by atoms with Gasteiger partial charge in [-0.05, 0) is 31.4 Å². The van der Waals surface area contributed by atoms with Gasteiger partial charge in [0.2, 0.25) is 11.7 Å². The Morgan fingerprint density at radius 1 is 1.24 bits per heavy atom. The number of nitrogens with zero attached hydrogens (tertiary/aromatic N) is 2. The van der Waals surface area contributed by atoms with Crippen molar-refractivity contribution in [3.05, 3.63) is 35.7 Å². The van der Waals surface area contributed by atoms with E-state index in [0.29, 0.717) is 5.82 Å². The molecule has 0 bridgehead atoms. The van der Waals surface area contributed by atoms with Crippen molar-refractivity contribution in [1.29, 1.82) is 0 Å². The first-order valence-electron chi connectivity index (χ1n) is 7.91. The molecule has 21 heavy (non-hydrogen) atoms. The predicted octanol–water partition coefficient (Wildman–Crippen LogP) is 3.33. The molecule has 0 spiro atoms. The van der Waals surface area contributed by atoms with E-state index in [1.54, 1.807) is 0 Å². The van der Waals surface area contributed by atoms with Crippen LogP contribution in [0, 0.1) is 0 Å². The number of nitrogens with one attached hydrogen (secondary N) is 1. The van der Waals surface area contributed by atoms with Gasteiger partial charge >= 0.3 is 0 Å². The Morgan fingerprint density at radius 2 is 2.05 bits per heavy atom. The smallest absolute Gasteiger partial charge is 0.234 e. The van der Waals surface area contributed by atoms with Gasteiger partial charge in [-0.1, -0.05) is 49.7 Å². The molecule has 3 rings (SSSR count). The average molecular weight is 285 g/mol. The molecule has 1 aromatic carbocycles. The monoisotopic (exact) mass is 285 g/mol. The van der Waals surface area contributed by atoms with Gasteiger partial charge in [0, 0.05) is 12.1 Å². The van der Waals surface area contributed by atoms with E-state index in [1.165, 1.54) is 5.56 Å². The molecule has 1 aliphatic rings. The molecule has 4 heteroatoms. The van der Waals surface area contributed by atoms with Gasteiger partial charge in [0.25, 0.3) is 0 Å². The molecule has 2 heterocycles. The molecular formula is C17H23N3O. The fraction of sp³-hybridized carbons (Fsp3) is 0.529. The Morgan fingerprint density at radius 3 is 2.67 bits per heavy atom. The molecular weight excluding hydrogens is 262 g/mol. The first kappa shape index (κ1) is 14.3. The van der Waals surface area contributed by atoms with Crippen LogP contribution >= 0.6 is 0 Å². The van der Waals surface area contributed by atoms with E-state index in [9.17, 15) is 0 Å². The van der Waals surface area contributed by atoms with E-state index in [0.717, 1.165) is 50.2 Å². The Hall–Kier alpha value is -1.68. The molecule has 1 aliphatic heterocycles. The third kappa shape index (κ3) is 2.72. The lowest BCUT2D eigenvalue weighted by molar-refractivity contribution is 0.277. The zero-order valence-electron chi connectivity index (χ0n) is 12.9. The highest BCUT2D eigenvalue weighted by molar-refractivity contribution is 5.54. The number of rotatable bonds is 5. The average Bonchev–Trinajstić information content (AvgIpc) is 3.17. The number of hydrogen-bond acceptors (Lipinski definition) is 4. The maximum atomic E-state index is 5.61. The SMILES string of the molecule is CCCC1(c2nc(-c3ccc(CC)cc3)no2)CCNC1. The highest BCUT2D eigenvalue weighted by atomic mass is 16.5. The summed E-state index contributed by atoms with van der Waals surface area (Å²) in [7, 11) is 0. The van der Waals surface area contributed by atoms with Gasteiger partial charge in [-0.2, -0.15) is 4.98 Å². The van der Waals surface area contributed by atoms with Gasteiger partial charge in [-0.25, -0.2) is 0 Å². The van der Waals surface area contributed by atoms with E-state index < -0.39 is 0 Å². The topological polar surface area (TPSA) is 51.0 Å². The summed E-state index contributed by atoms with van der Waals surface area (Å²) in [4.78, 5) is 4.69. The summed E-state index contributed by atoms with van der Waals surface area (Å²) in [5.74, 6) is 1.50. The number of aromatic nitrogens is 2. The first-order chi connectivity index (χ1) is 10.3. The van der Waals surface area contributed by atoms with Crippen molar-refractivity contribution in [2.24, 2.45) is 0 Å². The Kier molecular flexibility index (Phi) is 4.06. The molecule has 4 nitrogen and oxygen atoms in total. The second-order valence-corrected chi connectivity index (χ2v) is 5.93. The molecule has 1 aromatic heterocycles. The molecule has 1 fully saturated rings. The van der Waals surface area contributed by atoms with Crippen molar-refractivity contribution in [1.82, 2.24) is 15.5 Å². The zero-order chi connectivity index (χ0) is 14.7. The number of hydrogen-bond donors (Lipinski definition) is 1. The van der Waals surface area contributed by atoms with Crippen LogP contribution in [0.3, 0.4) is 0 Å². The molecule has 112 valence electrons. The van der Waals surface area contributed by atoms with Crippen LogP contribution in [-0.4, -0.2) is 23.2 Å². The van der Waals surface area contributed by atoms with Crippen LogP contribution in [0.4, 0.5) is 0 Å². The lowest BCUT2D eigenvalue weighted by Gasteiger charge is -2.22. The molecule has 0 saturated carbocycles. The summed E-state index contributed by atoms with van der Waals surface area (Å²) in [6.07, 6.45) is 4.35. The Balaban J connectivity index is 1.87. The fourth-order valence-corrected chi connectivity index (χ4v) is 3.17. The largest absolute Gasteiger partial charge is 0.338 e. The van der Waals surface area contributed by atoms with Gasteiger partial charge < -0.3 is 9.84 Å². The van der Waals surface area contributed by atoms with Crippen LogP contribution in [0.5, 0.6) is 0 Å². The predicted molar refractivity (Wildman–Crippen MR) is 83.2 cm³/mol. The second-order valence-electron chi connectivity index (χ2n) is 5.93. The van der Waals surface area contributed by atoms with E-state index in [-0.39, 0.29) is 5.41 Å². The van der Waals surface area contributed by atoms with Crippen LogP contribution in [-0.2, 0) is 11.8 Å². The molecule has 0 amide bonds. The van der Waals surface area contributed by atoms with Crippen LogP contribution in [0.15, 0.2) is 28.8 Å². The summed E-state index contributed by atoms with van der Waals surface area (Å²) in [6.45, 7) is 6.34. The molecule has 1 unspecified atom stereocenters. The lowest BCUT2D eigenvalue weighted by Crippen LogP contribution is -2.29.